The molecule has 1 atom stereocenters. The van der Waals surface area contributed by atoms with Gasteiger partial charge in [-0.25, -0.2) is 9.18 Å². The van der Waals surface area contributed by atoms with E-state index in [0.29, 0.717) is 29.8 Å². The van der Waals surface area contributed by atoms with Crippen molar-refractivity contribution in [3.63, 3.8) is 0 Å². The van der Waals surface area contributed by atoms with Crippen LogP contribution in [0.3, 0.4) is 0 Å². The number of amides is 4. The summed E-state index contributed by atoms with van der Waals surface area (Å²) in [6.45, 7) is -0.427. The molecule has 1 spiro atoms. The molecule has 6 nitrogen and oxygen atoms in total. The topological polar surface area (TPSA) is 78.5 Å². The van der Waals surface area contributed by atoms with Crippen LogP contribution in [0, 0.1) is 5.82 Å². The first-order valence-corrected chi connectivity index (χ1v) is 11.9. The number of benzene rings is 3. The molecule has 0 radical (unpaired) electrons. The van der Waals surface area contributed by atoms with E-state index in [9.17, 15) is 18.8 Å². The van der Waals surface area contributed by atoms with Gasteiger partial charge >= 0.3 is 6.03 Å². The Hall–Kier alpha value is -3.65. The number of rotatable bonds is 5. The summed E-state index contributed by atoms with van der Waals surface area (Å²) in [5.74, 6) is -0.894. The lowest BCUT2D eigenvalue weighted by Gasteiger charge is -2.32. The number of halogens is 1. The number of hydrogen-bond donors (Lipinski definition) is 2. The van der Waals surface area contributed by atoms with Gasteiger partial charge in [0.2, 0.25) is 5.91 Å². The highest BCUT2D eigenvalue weighted by molar-refractivity contribution is 7.99. The van der Waals surface area contributed by atoms with Crippen molar-refractivity contribution < 1.29 is 18.8 Å². The summed E-state index contributed by atoms with van der Waals surface area (Å²) in [5.41, 5.74) is 1.74. The second-order valence-corrected chi connectivity index (χ2v) is 9.47. The number of nitrogens with one attached hydrogen (secondary N) is 2. The first-order chi connectivity index (χ1) is 16.5. The average molecular weight is 476 g/mol. The van der Waals surface area contributed by atoms with E-state index in [0.717, 1.165) is 20.9 Å². The van der Waals surface area contributed by atoms with Crippen molar-refractivity contribution in [1.82, 2.24) is 10.2 Å². The van der Waals surface area contributed by atoms with Crippen LogP contribution >= 0.6 is 11.8 Å². The highest BCUT2D eigenvalue weighted by atomic mass is 32.2. The normalized spacial score (nSPS) is 19.1. The number of carbonyl (C=O) groups excluding carboxylic acids is 3. The minimum absolute atomic E-state index is 0.330. The summed E-state index contributed by atoms with van der Waals surface area (Å²) >= 11 is 1.51. The lowest BCUT2D eigenvalue weighted by atomic mass is 9.86. The third-order valence-electron chi connectivity index (χ3n) is 6.14. The first kappa shape index (κ1) is 22.2. The maximum Gasteiger partial charge on any atom is 0.325 e. The highest BCUT2D eigenvalue weighted by Crippen LogP contribution is 2.43. The molecule has 2 heterocycles. The fourth-order valence-corrected chi connectivity index (χ4v) is 5.66. The van der Waals surface area contributed by atoms with E-state index in [2.05, 4.69) is 10.6 Å². The van der Waals surface area contributed by atoms with Gasteiger partial charge in [0.05, 0.1) is 0 Å². The Bertz CT molecular complexity index is 1280. The number of carbonyl (C=O) groups is 3. The summed E-state index contributed by atoms with van der Waals surface area (Å²) in [4.78, 5) is 40.7. The fraction of sp³-hybridized carbons (Fsp3) is 0.192. The molecule has 0 saturated carbocycles. The van der Waals surface area contributed by atoms with Gasteiger partial charge in [-0.15, -0.1) is 11.8 Å². The van der Waals surface area contributed by atoms with Crippen LogP contribution in [0.15, 0.2) is 77.7 Å². The van der Waals surface area contributed by atoms with Crippen LogP contribution in [0.25, 0.3) is 0 Å². The van der Waals surface area contributed by atoms with Gasteiger partial charge in [-0.1, -0.05) is 48.5 Å². The molecule has 34 heavy (non-hydrogen) atoms. The predicted octanol–water partition coefficient (Wildman–Crippen LogP) is 4.30. The smallest absolute Gasteiger partial charge is 0.324 e. The van der Waals surface area contributed by atoms with E-state index in [1.165, 1.54) is 23.9 Å². The summed E-state index contributed by atoms with van der Waals surface area (Å²) in [7, 11) is 0. The van der Waals surface area contributed by atoms with E-state index < -0.39 is 35.7 Å². The molecule has 0 bridgehead atoms. The van der Waals surface area contributed by atoms with E-state index in [-0.39, 0.29) is 0 Å². The Morgan fingerprint density at radius 2 is 1.82 bits per heavy atom. The SMILES string of the molecule is O=C(CN1C(=O)N[C@]2(CCSc3ccc(F)cc32)C1=O)Nc1ccccc1Cc1ccccc1. The Kier molecular flexibility index (Phi) is 5.83. The Morgan fingerprint density at radius 1 is 1.06 bits per heavy atom. The summed E-state index contributed by atoms with van der Waals surface area (Å²) in [5, 5.41) is 5.58. The third kappa shape index (κ3) is 4.05. The predicted molar refractivity (Wildman–Crippen MR) is 128 cm³/mol. The number of para-hydroxylation sites is 1. The molecular formula is C26H22FN3O3S. The molecule has 0 aliphatic carbocycles. The third-order valence-corrected chi connectivity index (χ3v) is 7.22. The van der Waals surface area contributed by atoms with Crippen LogP contribution in [-0.2, 0) is 21.5 Å². The average Bonchev–Trinajstić information content (AvgIpc) is 3.06. The van der Waals surface area contributed by atoms with Gasteiger partial charge in [0, 0.05) is 21.9 Å². The van der Waals surface area contributed by atoms with Crippen molar-refractivity contribution in [2.45, 2.75) is 23.3 Å². The molecule has 0 aromatic heterocycles. The summed E-state index contributed by atoms with van der Waals surface area (Å²) < 4.78 is 14.0. The maximum atomic E-state index is 14.0. The molecule has 1 fully saturated rings. The van der Waals surface area contributed by atoms with Crippen molar-refractivity contribution in [1.29, 1.82) is 0 Å². The Morgan fingerprint density at radius 3 is 2.65 bits per heavy atom. The molecule has 2 aliphatic heterocycles. The van der Waals surface area contributed by atoms with Gasteiger partial charge in [0.15, 0.2) is 0 Å². The van der Waals surface area contributed by atoms with Crippen LogP contribution in [0.2, 0.25) is 0 Å². The number of anilines is 1. The number of imide groups is 1. The largest absolute Gasteiger partial charge is 0.325 e. The van der Waals surface area contributed by atoms with Gasteiger partial charge in [-0.2, -0.15) is 0 Å². The van der Waals surface area contributed by atoms with Crippen molar-refractivity contribution in [3.05, 3.63) is 95.3 Å². The second-order valence-electron chi connectivity index (χ2n) is 8.33. The molecule has 3 aromatic rings. The second kappa shape index (κ2) is 8.95. The van der Waals surface area contributed by atoms with Crippen molar-refractivity contribution in [2.24, 2.45) is 0 Å². The lowest BCUT2D eigenvalue weighted by Crippen LogP contribution is -2.47. The zero-order valence-corrected chi connectivity index (χ0v) is 19.0. The molecule has 5 rings (SSSR count). The Balaban J connectivity index is 1.34. The quantitative estimate of drug-likeness (QED) is 0.540. The van der Waals surface area contributed by atoms with Gasteiger partial charge in [-0.05, 0) is 48.2 Å². The van der Waals surface area contributed by atoms with Gasteiger partial charge in [0.25, 0.3) is 5.91 Å². The minimum Gasteiger partial charge on any atom is -0.324 e. The molecular weight excluding hydrogens is 453 g/mol. The van der Waals surface area contributed by atoms with Crippen molar-refractivity contribution in [3.8, 4) is 0 Å². The molecule has 0 unspecified atom stereocenters. The summed E-state index contributed by atoms with van der Waals surface area (Å²) in [6.07, 6.45) is 0.959. The maximum absolute atomic E-state index is 14.0. The number of thioether (sulfide) groups is 1. The molecule has 1 saturated heterocycles. The zero-order valence-electron chi connectivity index (χ0n) is 18.2. The highest BCUT2D eigenvalue weighted by Gasteiger charge is 2.54. The number of fused-ring (bicyclic) bond motifs is 2. The van der Waals surface area contributed by atoms with Gasteiger partial charge in [-0.3, -0.25) is 14.5 Å². The number of nitrogens with zero attached hydrogens (tertiary/aromatic N) is 1. The van der Waals surface area contributed by atoms with Crippen LogP contribution < -0.4 is 10.6 Å². The monoisotopic (exact) mass is 475 g/mol. The van der Waals surface area contributed by atoms with Crippen molar-refractivity contribution >= 4 is 35.3 Å². The van der Waals surface area contributed by atoms with E-state index in [1.54, 1.807) is 12.1 Å². The van der Waals surface area contributed by atoms with Crippen molar-refractivity contribution in [2.75, 3.05) is 17.6 Å². The molecule has 172 valence electrons. The van der Waals surface area contributed by atoms with Crippen LogP contribution in [0.4, 0.5) is 14.9 Å². The standard InChI is InChI=1S/C26H22FN3O3S/c27-19-10-11-22-20(15-19)26(12-13-34-22)24(32)30(25(33)29-26)16-23(31)28-21-9-5-4-8-18(21)14-17-6-2-1-3-7-17/h1-11,15H,12-14,16H2,(H,28,31)(H,29,33)/t26-/m0/s1. The molecule has 8 heteroatoms. The number of hydrogen-bond acceptors (Lipinski definition) is 4. The van der Waals surface area contributed by atoms with E-state index >= 15 is 0 Å². The molecule has 4 amide bonds. The van der Waals surface area contributed by atoms with Gasteiger partial charge < -0.3 is 10.6 Å². The lowest BCUT2D eigenvalue weighted by molar-refractivity contribution is -0.134. The first-order valence-electron chi connectivity index (χ1n) is 10.9. The van der Waals surface area contributed by atoms with E-state index in [1.807, 2.05) is 48.5 Å². The fourth-order valence-electron chi connectivity index (χ4n) is 4.48. The molecule has 2 N–H and O–H groups in total. The molecule has 2 aliphatic rings. The van der Waals surface area contributed by atoms with Crippen LogP contribution in [0.1, 0.15) is 23.1 Å². The zero-order chi connectivity index (χ0) is 23.7. The van der Waals surface area contributed by atoms with Crippen LogP contribution in [-0.4, -0.2) is 35.0 Å². The van der Waals surface area contributed by atoms with E-state index in [4.69, 9.17) is 0 Å². The minimum atomic E-state index is -1.34. The Labute approximate surface area is 200 Å². The van der Waals surface area contributed by atoms with Gasteiger partial charge in [0.1, 0.15) is 17.9 Å². The summed E-state index contributed by atoms with van der Waals surface area (Å²) in [6, 6.07) is 20.9. The van der Waals surface area contributed by atoms with Crippen LogP contribution in [0.5, 0.6) is 0 Å². The number of urea groups is 1. The molecule has 3 aromatic carbocycles.